The van der Waals surface area contributed by atoms with Gasteiger partial charge >= 0.3 is 0 Å². The number of thioether (sulfide) groups is 1. The van der Waals surface area contributed by atoms with E-state index >= 15 is 0 Å². The minimum atomic E-state index is -0.444. The van der Waals surface area contributed by atoms with E-state index in [-0.39, 0.29) is 23.5 Å². The Morgan fingerprint density at radius 2 is 1.71 bits per heavy atom. The first-order valence-electron chi connectivity index (χ1n) is 9.04. The average molecular weight is 399 g/mol. The normalized spacial score (nSPS) is 14.5. The topological polar surface area (TPSA) is 92.6 Å². The summed E-state index contributed by atoms with van der Waals surface area (Å²) in [4.78, 5) is 37.5. The maximum absolute atomic E-state index is 12.4. The molecule has 28 heavy (non-hydrogen) atoms. The molecule has 2 aromatic carbocycles. The highest BCUT2D eigenvalue weighted by Crippen LogP contribution is 2.22. The van der Waals surface area contributed by atoms with Gasteiger partial charge in [0.1, 0.15) is 0 Å². The maximum atomic E-state index is 12.4. The zero-order chi connectivity index (χ0) is 19.9. The van der Waals surface area contributed by atoms with E-state index in [0.717, 1.165) is 17.7 Å². The predicted molar refractivity (Wildman–Crippen MR) is 107 cm³/mol. The van der Waals surface area contributed by atoms with Gasteiger partial charge in [-0.15, -0.1) is 11.8 Å². The number of benzene rings is 2. The summed E-state index contributed by atoms with van der Waals surface area (Å²) >= 11 is 1.37. The van der Waals surface area contributed by atoms with E-state index in [1.54, 1.807) is 24.3 Å². The number of nitrogens with one attached hydrogen (secondary N) is 1. The Bertz CT molecular complexity index is 834. The fourth-order valence-corrected chi connectivity index (χ4v) is 3.83. The molecule has 146 valence electrons. The van der Waals surface area contributed by atoms with Crippen LogP contribution in [0.4, 0.5) is 5.69 Å². The van der Waals surface area contributed by atoms with Gasteiger partial charge in [-0.05, 0) is 37.1 Å². The quantitative estimate of drug-likeness (QED) is 0.458. The lowest BCUT2D eigenvalue weighted by atomic mass is 10.0. The van der Waals surface area contributed by atoms with Crippen molar-refractivity contribution in [3.05, 3.63) is 70.3 Å². The van der Waals surface area contributed by atoms with Crippen molar-refractivity contribution >= 4 is 29.3 Å². The first-order chi connectivity index (χ1) is 13.5. The third-order valence-electron chi connectivity index (χ3n) is 4.63. The van der Waals surface area contributed by atoms with Crippen molar-refractivity contribution in [2.45, 2.75) is 23.8 Å². The third-order valence-corrected chi connectivity index (χ3v) is 5.63. The summed E-state index contributed by atoms with van der Waals surface area (Å²) in [6.45, 7) is 1.22. The van der Waals surface area contributed by atoms with Crippen LogP contribution < -0.4 is 5.32 Å². The van der Waals surface area contributed by atoms with Gasteiger partial charge in [-0.3, -0.25) is 19.7 Å². The number of likely N-dealkylation sites (tertiary alicyclic amines) is 1. The lowest BCUT2D eigenvalue weighted by molar-refractivity contribution is -0.384. The van der Waals surface area contributed by atoms with Crippen LogP contribution in [0.25, 0.3) is 0 Å². The number of hydrogen-bond acceptors (Lipinski definition) is 5. The molecule has 1 heterocycles. The molecule has 2 amide bonds. The largest absolute Gasteiger partial charge is 0.349 e. The molecule has 8 heteroatoms. The second-order valence-electron chi connectivity index (χ2n) is 6.53. The Morgan fingerprint density at radius 3 is 2.32 bits per heavy atom. The molecule has 0 radical (unpaired) electrons. The van der Waals surface area contributed by atoms with Gasteiger partial charge in [0.15, 0.2) is 0 Å². The first kappa shape index (κ1) is 19.9. The van der Waals surface area contributed by atoms with Crippen LogP contribution in [0, 0.1) is 10.1 Å². The zero-order valence-corrected chi connectivity index (χ0v) is 16.1. The summed E-state index contributed by atoms with van der Waals surface area (Å²) in [5.74, 6) is 0.245. The van der Waals surface area contributed by atoms with Gasteiger partial charge in [0.2, 0.25) is 5.91 Å². The Kier molecular flexibility index (Phi) is 6.65. The number of non-ortho nitro benzene ring substituents is 1. The standard InChI is InChI=1S/C20H21N3O4S/c24-19(14-28-18-8-6-17(7-9-18)23(26)27)22-12-10-16(11-13-22)21-20(25)15-4-2-1-3-5-15/h1-9,16H,10-14H2,(H,21,25). The molecular weight excluding hydrogens is 378 g/mol. The molecule has 3 rings (SSSR count). The molecule has 0 saturated carbocycles. The summed E-state index contributed by atoms with van der Waals surface area (Å²) in [6.07, 6.45) is 1.46. The molecule has 0 aromatic heterocycles. The van der Waals surface area contributed by atoms with Crippen LogP contribution in [0.2, 0.25) is 0 Å². The lowest BCUT2D eigenvalue weighted by Crippen LogP contribution is -2.47. The summed E-state index contributed by atoms with van der Waals surface area (Å²) < 4.78 is 0. The van der Waals surface area contributed by atoms with Gasteiger partial charge < -0.3 is 10.2 Å². The van der Waals surface area contributed by atoms with Crippen molar-refractivity contribution < 1.29 is 14.5 Å². The van der Waals surface area contributed by atoms with E-state index in [1.165, 1.54) is 23.9 Å². The van der Waals surface area contributed by atoms with E-state index in [4.69, 9.17) is 0 Å². The van der Waals surface area contributed by atoms with Crippen molar-refractivity contribution in [2.75, 3.05) is 18.8 Å². The average Bonchev–Trinajstić information content (AvgIpc) is 2.73. The van der Waals surface area contributed by atoms with Gasteiger partial charge in [-0.25, -0.2) is 0 Å². The lowest BCUT2D eigenvalue weighted by Gasteiger charge is -2.32. The van der Waals surface area contributed by atoms with Gasteiger partial charge in [0.25, 0.3) is 11.6 Å². The van der Waals surface area contributed by atoms with Crippen LogP contribution in [0.1, 0.15) is 23.2 Å². The van der Waals surface area contributed by atoms with Crippen LogP contribution in [0.15, 0.2) is 59.5 Å². The van der Waals surface area contributed by atoms with E-state index in [0.29, 0.717) is 24.4 Å². The predicted octanol–water partition coefficient (Wildman–Crippen LogP) is 3.11. The van der Waals surface area contributed by atoms with Gasteiger partial charge in [-0.1, -0.05) is 18.2 Å². The number of hydrogen-bond donors (Lipinski definition) is 1. The van der Waals surface area contributed by atoms with E-state index in [9.17, 15) is 19.7 Å². The summed E-state index contributed by atoms with van der Waals surface area (Å²) in [7, 11) is 0. The maximum Gasteiger partial charge on any atom is 0.269 e. The minimum absolute atomic E-state index is 0.0373. The molecule has 0 aliphatic carbocycles. The van der Waals surface area contributed by atoms with Crippen LogP contribution in [0.3, 0.4) is 0 Å². The van der Waals surface area contributed by atoms with Crippen molar-refractivity contribution in [1.29, 1.82) is 0 Å². The number of carbonyl (C=O) groups is 2. The Hall–Kier alpha value is -2.87. The Morgan fingerprint density at radius 1 is 1.07 bits per heavy atom. The van der Waals surface area contributed by atoms with Crippen molar-refractivity contribution in [1.82, 2.24) is 10.2 Å². The van der Waals surface area contributed by atoms with Crippen molar-refractivity contribution in [2.24, 2.45) is 0 Å². The van der Waals surface area contributed by atoms with Gasteiger partial charge in [0.05, 0.1) is 10.7 Å². The molecule has 1 N–H and O–H groups in total. The number of carbonyl (C=O) groups excluding carboxylic acids is 2. The smallest absolute Gasteiger partial charge is 0.269 e. The second-order valence-corrected chi connectivity index (χ2v) is 7.58. The number of nitro groups is 1. The molecule has 1 aliphatic rings. The van der Waals surface area contributed by atoms with Gasteiger partial charge in [-0.2, -0.15) is 0 Å². The number of piperidine rings is 1. The fraction of sp³-hybridized carbons (Fsp3) is 0.300. The molecule has 0 bridgehead atoms. The monoisotopic (exact) mass is 399 g/mol. The molecule has 1 aliphatic heterocycles. The summed E-state index contributed by atoms with van der Waals surface area (Å²) in [6, 6.07) is 15.4. The Balaban J connectivity index is 1.42. The van der Waals surface area contributed by atoms with Crippen LogP contribution >= 0.6 is 11.8 Å². The fourth-order valence-electron chi connectivity index (χ4n) is 3.03. The van der Waals surface area contributed by atoms with Crippen LogP contribution in [-0.2, 0) is 4.79 Å². The SMILES string of the molecule is O=C(NC1CCN(C(=O)CSc2ccc([N+](=O)[O-])cc2)CC1)c1ccccc1. The molecule has 0 unspecified atom stereocenters. The first-order valence-corrected chi connectivity index (χ1v) is 10.0. The molecule has 1 fully saturated rings. The van der Waals surface area contributed by atoms with Crippen molar-refractivity contribution in [3.8, 4) is 0 Å². The zero-order valence-electron chi connectivity index (χ0n) is 15.2. The number of amides is 2. The molecular formula is C20H21N3O4S. The highest BCUT2D eigenvalue weighted by Gasteiger charge is 2.24. The molecule has 7 nitrogen and oxygen atoms in total. The second kappa shape index (κ2) is 9.36. The van der Waals surface area contributed by atoms with Crippen molar-refractivity contribution in [3.63, 3.8) is 0 Å². The van der Waals surface area contributed by atoms with E-state index in [1.807, 2.05) is 23.1 Å². The van der Waals surface area contributed by atoms with Crippen LogP contribution in [0.5, 0.6) is 0 Å². The number of rotatable bonds is 6. The summed E-state index contributed by atoms with van der Waals surface area (Å²) in [5.41, 5.74) is 0.677. The van der Waals surface area contributed by atoms with Crippen LogP contribution in [-0.4, -0.2) is 46.5 Å². The Labute approximate surface area is 167 Å². The highest BCUT2D eigenvalue weighted by molar-refractivity contribution is 8.00. The van der Waals surface area contributed by atoms with Gasteiger partial charge in [0, 0.05) is 41.7 Å². The summed E-state index contributed by atoms with van der Waals surface area (Å²) in [5, 5.41) is 13.7. The minimum Gasteiger partial charge on any atom is -0.349 e. The number of nitro benzene ring substituents is 1. The third kappa shape index (κ3) is 5.32. The molecule has 0 spiro atoms. The number of nitrogens with zero attached hydrogens (tertiary/aromatic N) is 2. The van der Waals surface area contributed by atoms with E-state index < -0.39 is 4.92 Å². The highest BCUT2D eigenvalue weighted by atomic mass is 32.2. The molecule has 0 atom stereocenters. The molecule has 2 aromatic rings. The molecule has 1 saturated heterocycles. The van der Waals surface area contributed by atoms with E-state index in [2.05, 4.69) is 5.32 Å².